The predicted octanol–water partition coefficient (Wildman–Crippen LogP) is 3.67. The molecule has 20 heavy (non-hydrogen) atoms. The molecule has 0 aliphatic carbocycles. The maximum Gasteiger partial charge on any atom is 0.126 e. The van der Waals surface area contributed by atoms with Gasteiger partial charge in [0.25, 0.3) is 0 Å². The van der Waals surface area contributed by atoms with Gasteiger partial charge in [-0.25, -0.2) is 4.98 Å². The van der Waals surface area contributed by atoms with Gasteiger partial charge < -0.3 is 11.1 Å². The minimum Gasteiger partial charge on any atom is -0.397 e. The van der Waals surface area contributed by atoms with E-state index in [1.165, 1.54) is 11.1 Å². The fourth-order valence-corrected chi connectivity index (χ4v) is 2.09. The molecule has 3 N–H and O–H groups in total. The molecule has 1 heterocycles. The van der Waals surface area contributed by atoms with Crippen molar-refractivity contribution in [2.75, 3.05) is 17.6 Å². The lowest BCUT2D eigenvalue weighted by Crippen LogP contribution is -2.28. The molecule has 0 aliphatic heterocycles. The smallest absolute Gasteiger partial charge is 0.126 e. The summed E-state index contributed by atoms with van der Waals surface area (Å²) in [5.41, 5.74) is 10.0. The van der Waals surface area contributed by atoms with Crippen LogP contribution in [0, 0.1) is 13.8 Å². The van der Waals surface area contributed by atoms with Gasteiger partial charge in [0.05, 0.1) is 11.4 Å². The largest absolute Gasteiger partial charge is 0.397 e. The first-order chi connectivity index (χ1) is 9.38. The summed E-state index contributed by atoms with van der Waals surface area (Å²) in [4.78, 5) is 4.45. The van der Waals surface area contributed by atoms with Gasteiger partial charge in [-0.05, 0) is 31.5 Å². The topological polar surface area (TPSA) is 50.9 Å². The van der Waals surface area contributed by atoms with Gasteiger partial charge in [-0.3, -0.25) is 0 Å². The van der Waals surface area contributed by atoms with Crippen molar-refractivity contribution in [2.45, 2.75) is 33.1 Å². The average Bonchev–Trinajstić information content (AvgIpc) is 2.41. The minimum absolute atomic E-state index is 0.0463. The molecular weight excluding hydrogens is 246 g/mol. The van der Waals surface area contributed by atoms with E-state index in [4.69, 9.17) is 5.73 Å². The van der Waals surface area contributed by atoms with Crippen molar-refractivity contribution in [3.63, 3.8) is 0 Å². The highest BCUT2D eigenvalue weighted by Crippen LogP contribution is 2.24. The summed E-state index contributed by atoms with van der Waals surface area (Å²) in [6, 6.07) is 12.5. The number of nitrogens with two attached hydrogens (primary N) is 1. The molecule has 0 atom stereocenters. The van der Waals surface area contributed by atoms with Crippen LogP contribution in [-0.4, -0.2) is 11.5 Å². The Morgan fingerprint density at radius 2 is 1.70 bits per heavy atom. The van der Waals surface area contributed by atoms with E-state index in [1.807, 2.05) is 19.1 Å². The molecule has 0 unspecified atom stereocenters. The molecule has 0 saturated carbocycles. The molecule has 0 saturated heterocycles. The van der Waals surface area contributed by atoms with E-state index in [-0.39, 0.29) is 5.41 Å². The number of aryl methyl sites for hydroxylation is 2. The normalized spacial score (nSPS) is 11.4. The molecule has 3 heteroatoms. The first-order valence-corrected chi connectivity index (χ1v) is 6.93. The van der Waals surface area contributed by atoms with Crippen molar-refractivity contribution in [3.05, 3.63) is 53.2 Å². The number of benzene rings is 1. The van der Waals surface area contributed by atoms with Crippen LogP contribution in [0.25, 0.3) is 0 Å². The standard InChI is InChI=1S/C17H23N3/c1-12-5-7-14(8-6-12)17(3,4)11-19-16-10-9-15(18)13(2)20-16/h5-10H,11,18H2,1-4H3,(H,19,20). The highest BCUT2D eigenvalue weighted by Gasteiger charge is 2.20. The Kier molecular flexibility index (Phi) is 3.98. The van der Waals surface area contributed by atoms with Crippen LogP contribution in [0.3, 0.4) is 0 Å². The van der Waals surface area contributed by atoms with E-state index in [9.17, 15) is 0 Å². The second-order valence-corrected chi connectivity index (χ2v) is 5.97. The van der Waals surface area contributed by atoms with Crippen molar-refractivity contribution in [1.29, 1.82) is 0 Å². The van der Waals surface area contributed by atoms with Gasteiger partial charge in [-0.2, -0.15) is 0 Å². The number of hydrogen-bond donors (Lipinski definition) is 2. The molecule has 0 bridgehead atoms. The van der Waals surface area contributed by atoms with Crippen LogP contribution >= 0.6 is 0 Å². The number of hydrogen-bond acceptors (Lipinski definition) is 3. The fourth-order valence-electron chi connectivity index (χ4n) is 2.09. The second-order valence-electron chi connectivity index (χ2n) is 5.97. The third-order valence-corrected chi connectivity index (χ3v) is 3.67. The number of aromatic nitrogens is 1. The van der Waals surface area contributed by atoms with E-state index in [0.717, 1.165) is 23.7 Å². The Balaban J connectivity index is 2.08. The fraction of sp³-hybridized carbons (Fsp3) is 0.353. The van der Waals surface area contributed by atoms with Crippen molar-refractivity contribution in [3.8, 4) is 0 Å². The van der Waals surface area contributed by atoms with Crippen molar-refractivity contribution >= 4 is 11.5 Å². The van der Waals surface area contributed by atoms with E-state index < -0.39 is 0 Å². The molecule has 0 fully saturated rings. The molecule has 106 valence electrons. The third-order valence-electron chi connectivity index (χ3n) is 3.67. The molecule has 0 spiro atoms. The van der Waals surface area contributed by atoms with E-state index in [1.54, 1.807) is 0 Å². The molecule has 1 aromatic heterocycles. The molecule has 2 rings (SSSR count). The lowest BCUT2D eigenvalue weighted by molar-refractivity contribution is 0.556. The van der Waals surface area contributed by atoms with E-state index >= 15 is 0 Å². The Morgan fingerprint density at radius 1 is 1.05 bits per heavy atom. The van der Waals surface area contributed by atoms with E-state index in [2.05, 4.69) is 55.3 Å². The van der Waals surface area contributed by atoms with Crippen molar-refractivity contribution in [1.82, 2.24) is 4.98 Å². The van der Waals surface area contributed by atoms with Crippen LogP contribution in [0.5, 0.6) is 0 Å². The lowest BCUT2D eigenvalue weighted by atomic mass is 9.84. The zero-order valence-corrected chi connectivity index (χ0v) is 12.7. The minimum atomic E-state index is 0.0463. The van der Waals surface area contributed by atoms with Crippen molar-refractivity contribution < 1.29 is 0 Å². The van der Waals surface area contributed by atoms with Crippen LogP contribution in [0.1, 0.15) is 30.7 Å². The molecule has 3 nitrogen and oxygen atoms in total. The van der Waals surface area contributed by atoms with Gasteiger partial charge in [0.15, 0.2) is 0 Å². The number of nitrogens with zero attached hydrogens (tertiary/aromatic N) is 1. The molecule has 0 radical (unpaired) electrons. The number of nitrogens with one attached hydrogen (secondary N) is 1. The molecular formula is C17H23N3. The van der Waals surface area contributed by atoms with Gasteiger partial charge >= 0.3 is 0 Å². The van der Waals surface area contributed by atoms with Crippen LogP contribution in [-0.2, 0) is 5.41 Å². The van der Waals surface area contributed by atoms with Crippen LogP contribution in [0.15, 0.2) is 36.4 Å². The maximum atomic E-state index is 5.79. The Bertz CT molecular complexity index is 586. The SMILES string of the molecule is Cc1ccc(C(C)(C)CNc2ccc(N)c(C)n2)cc1. The maximum absolute atomic E-state index is 5.79. The monoisotopic (exact) mass is 269 g/mol. The Hall–Kier alpha value is -2.03. The predicted molar refractivity (Wildman–Crippen MR) is 86.1 cm³/mol. The molecule has 2 aromatic rings. The average molecular weight is 269 g/mol. The second kappa shape index (κ2) is 5.53. The number of pyridine rings is 1. The van der Waals surface area contributed by atoms with Gasteiger partial charge in [0.2, 0.25) is 0 Å². The summed E-state index contributed by atoms with van der Waals surface area (Å²) in [7, 11) is 0. The first-order valence-electron chi connectivity index (χ1n) is 6.93. The summed E-state index contributed by atoms with van der Waals surface area (Å²) in [6.07, 6.45) is 0. The molecule has 1 aromatic carbocycles. The summed E-state index contributed by atoms with van der Waals surface area (Å²) in [6.45, 7) is 9.32. The Morgan fingerprint density at radius 3 is 2.30 bits per heavy atom. The van der Waals surface area contributed by atoms with Gasteiger partial charge in [-0.15, -0.1) is 0 Å². The van der Waals surface area contributed by atoms with Crippen LogP contribution in [0.4, 0.5) is 11.5 Å². The zero-order chi connectivity index (χ0) is 14.8. The van der Waals surface area contributed by atoms with Gasteiger partial charge in [0.1, 0.15) is 5.82 Å². The molecule has 0 aliphatic rings. The zero-order valence-electron chi connectivity index (χ0n) is 12.7. The van der Waals surface area contributed by atoms with Crippen LogP contribution in [0.2, 0.25) is 0 Å². The van der Waals surface area contributed by atoms with E-state index in [0.29, 0.717) is 0 Å². The summed E-state index contributed by atoms with van der Waals surface area (Å²) in [5.74, 6) is 0.872. The van der Waals surface area contributed by atoms with Crippen LogP contribution < -0.4 is 11.1 Å². The number of anilines is 2. The van der Waals surface area contributed by atoms with Crippen molar-refractivity contribution in [2.24, 2.45) is 0 Å². The summed E-state index contributed by atoms with van der Waals surface area (Å²) in [5, 5.41) is 3.40. The molecule has 0 amide bonds. The number of nitrogen functional groups attached to an aromatic ring is 1. The summed E-state index contributed by atoms with van der Waals surface area (Å²) >= 11 is 0. The lowest BCUT2D eigenvalue weighted by Gasteiger charge is -2.26. The summed E-state index contributed by atoms with van der Waals surface area (Å²) < 4.78 is 0. The highest BCUT2D eigenvalue weighted by molar-refractivity contribution is 5.49. The Labute approximate surface area is 121 Å². The van der Waals surface area contributed by atoms with Gasteiger partial charge in [-0.1, -0.05) is 43.7 Å². The highest BCUT2D eigenvalue weighted by atomic mass is 15.0. The first kappa shape index (κ1) is 14.4. The van der Waals surface area contributed by atoms with Gasteiger partial charge in [0, 0.05) is 12.0 Å². The number of rotatable bonds is 4. The quantitative estimate of drug-likeness (QED) is 0.890. The third kappa shape index (κ3) is 3.29.